The SMILES string of the molecule is COc1cc(C(F)(F)F)cc(S(=O)(=O)NC(C(=O)O)C(C)C)c1. The molecule has 0 aromatic heterocycles. The molecule has 1 unspecified atom stereocenters. The number of aliphatic carboxylic acids is 1. The number of ether oxygens (including phenoxy) is 1. The number of methoxy groups -OCH3 is 1. The van der Waals surface area contributed by atoms with Crippen LogP contribution < -0.4 is 9.46 Å². The van der Waals surface area contributed by atoms with Gasteiger partial charge in [-0.3, -0.25) is 4.79 Å². The summed E-state index contributed by atoms with van der Waals surface area (Å²) < 4.78 is 69.4. The van der Waals surface area contributed by atoms with Crippen LogP contribution in [0.3, 0.4) is 0 Å². The number of carboxylic acid groups (broad SMARTS) is 1. The van der Waals surface area contributed by atoms with Gasteiger partial charge < -0.3 is 9.84 Å². The van der Waals surface area contributed by atoms with Crippen LogP contribution in [0, 0.1) is 5.92 Å². The van der Waals surface area contributed by atoms with Crippen LogP contribution in [0.15, 0.2) is 23.1 Å². The number of alkyl halides is 3. The number of carboxylic acids is 1. The number of carbonyl (C=O) groups is 1. The highest BCUT2D eigenvalue weighted by Gasteiger charge is 2.34. The number of nitrogens with one attached hydrogen (secondary N) is 1. The van der Waals surface area contributed by atoms with Gasteiger partial charge in [-0.2, -0.15) is 17.9 Å². The van der Waals surface area contributed by atoms with Gasteiger partial charge in [-0.15, -0.1) is 0 Å². The Hall–Kier alpha value is -1.81. The third-order valence-corrected chi connectivity index (χ3v) is 4.39. The fourth-order valence-corrected chi connectivity index (χ4v) is 3.11. The Morgan fingerprint density at radius 1 is 1.26 bits per heavy atom. The van der Waals surface area contributed by atoms with Crippen LogP contribution >= 0.6 is 0 Å². The van der Waals surface area contributed by atoms with Crippen LogP contribution in [0.5, 0.6) is 5.75 Å². The van der Waals surface area contributed by atoms with E-state index in [1.165, 1.54) is 13.8 Å². The van der Waals surface area contributed by atoms with E-state index in [4.69, 9.17) is 5.11 Å². The van der Waals surface area contributed by atoms with Gasteiger partial charge in [0.15, 0.2) is 0 Å². The van der Waals surface area contributed by atoms with Gasteiger partial charge >= 0.3 is 12.1 Å². The molecule has 0 heterocycles. The van der Waals surface area contributed by atoms with Crippen LogP contribution in [0.4, 0.5) is 13.2 Å². The van der Waals surface area contributed by atoms with Crippen LogP contribution in [-0.4, -0.2) is 32.6 Å². The molecule has 6 nitrogen and oxygen atoms in total. The van der Waals surface area contributed by atoms with E-state index in [-0.39, 0.29) is 5.75 Å². The molecule has 1 aromatic rings. The van der Waals surface area contributed by atoms with Crippen molar-refractivity contribution in [3.8, 4) is 5.75 Å². The lowest BCUT2D eigenvalue weighted by atomic mass is 10.1. The van der Waals surface area contributed by atoms with Crippen LogP contribution in [0.2, 0.25) is 0 Å². The number of benzene rings is 1. The van der Waals surface area contributed by atoms with Crippen LogP contribution in [0.1, 0.15) is 19.4 Å². The van der Waals surface area contributed by atoms with Crippen molar-refractivity contribution >= 4 is 16.0 Å². The Labute approximate surface area is 131 Å². The van der Waals surface area contributed by atoms with Gasteiger partial charge in [-0.1, -0.05) is 13.8 Å². The van der Waals surface area contributed by atoms with Crippen molar-refractivity contribution in [1.29, 1.82) is 0 Å². The van der Waals surface area contributed by atoms with Gasteiger partial charge in [0.25, 0.3) is 0 Å². The zero-order valence-corrected chi connectivity index (χ0v) is 13.3. The second-order valence-corrected chi connectivity index (χ2v) is 6.79. The third kappa shape index (κ3) is 4.83. The molecule has 0 aliphatic rings. The maximum absolute atomic E-state index is 12.8. The molecule has 23 heavy (non-hydrogen) atoms. The minimum atomic E-state index is -4.77. The van der Waals surface area contributed by atoms with E-state index >= 15 is 0 Å². The first kappa shape index (κ1) is 19.2. The summed E-state index contributed by atoms with van der Waals surface area (Å²) in [5, 5.41) is 9.01. The molecule has 2 N–H and O–H groups in total. The van der Waals surface area contributed by atoms with Crippen molar-refractivity contribution < 1.29 is 36.2 Å². The van der Waals surface area contributed by atoms with E-state index in [1.807, 2.05) is 4.72 Å². The maximum Gasteiger partial charge on any atom is 0.416 e. The topological polar surface area (TPSA) is 92.7 Å². The molecule has 10 heteroatoms. The number of hydrogen-bond acceptors (Lipinski definition) is 4. The lowest BCUT2D eigenvalue weighted by Crippen LogP contribution is -2.44. The summed E-state index contributed by atoms with van der Waals surface area (Å²) in [7, 11) is -3.38. The minimum Gasteiger partial charge on any atom is -0.497 e. The van der Waals surface area contributed by atoms with Crippen molar-refractivity contribution in [2.75, 3.05) is 7.11 Å². The highest BCUT2D eigenvalue weighted by atomic mass is 32.2. The molecule has 0 saturated heterocycles. The first-order chi connectivity index (χ1) is 10.4. The zero-order chi connectivity index (χ0) is 18.0. The Kier molecular flexibility index (Phi) is 5.65. The van der Waals surface area contributed by atoms with Crippen molar-refractivity contribution in [3.63, 3.8) is 0 Å². The summed E-state index contributed by atoms with van der Waals surface area (Å²) in [5.41, 5.74) is -1.21. The first-order valence-corrected chi connectivity index (χ1v) is 7.88. The van der Waals surface area contributed by atoms with Crippen molar-refractivity contribution in [1.82, 2.24) is 4.72 Å². The van der Waals surface area contributed by atoms with Crippen LogP contribution in [-0.2, 0) is 21.0 Å². The van der Waals surface area contributed by atoms with E-state index in [9.17, 15) is 26.4 Å². The normalized spacial score (nSPS) is 13.9. The molecule has 0 saturated carbocycles. The monoisotopic (exact) mass is 355 g/mol. The number of rotatable bonds is 6. The summed E-state index contributed by atoms with van der Waals surface area (Å²) in [4.78, 5) is 10.3. The third-order valence-electron chi connectivity index (χ3n) is 2.97. The largest absolute Gasteiger partial charge is 0.497 e. The Balaban J connectivity index is 3.35. The minimum absolute atomic E-state index is 0.309. The van der Waals surface area contributed by atoms with Crippen molar-refractivity contribution in [2.24, 2.45) is 5.92 Å². The molecule has 0 aliphatic heterocycles. The van der Waals surface area contributed by atoms with Gasteiger partial charge in [-0.25, -0.2) is 8.42 Å². The van der Waals surface area contributed by atoms with Gasteiger partial charge in [0.1, 0.15) is 11.8 Å². The molecule has 0 fully saturated rings. The lowest BCUT2D eigenvalue weighted by Gasteiger charge is -2.19. The lowest BCUT2D eigenvalue weighted by molar-refractivity contribution is -0.140. The summed E-state index contributed by atoms with van der Waals surface area (Å²) >= 11 is 0. The average molecular weight is 355 g/mol. The highest BCUT2D eigenvalue weighted by molar-refractivity contribution is 7.89. The first-order valence-electron chi connectivity index (χ1n) is 6.40. The van der Waals surface area contributed by atoms with Gasteiger partial charge in [-0.05, 0) is 18.1 Å². The molecular formula is C13H16F3NO5S. The number of hydrogen-bond donors (Lipinski definition) is 2. The fourth-order valence-electron chi connectivity index (χ4n) is 1.72. The standard InChI is InChI=1S/C13H16F3NO5S/c1-7(2)11(12(18)19)17-23(20,21)10-5-8(13(14,15)16)4-9(6-10)22-3/h4-7,11,17H,1-3H3,(H,18,19). The molecule has 1 rings (SSSR count). The van der Waals surface area contributed by atoms with Gasteiger partial charge in [0, 0.05) is 6.07 Å². The highest BCUT2D eigenvalue weighted by Crippen LogP contribution is 2.33. The van der Waals surface area contributed by atoms with E-state index < -0.39 is 44.6 Å². The summed E-state index contributed by atoms with van der Waals surface area (Å²) in [6, 6.07) is 0.484. The number of sulfonamides is 1. The fraction of sp³-hybridized carbons (Fsp3) is 0.462. The smallest absolute Gasteiger partial charge is 0.416 e. The Morgan fingerprint density at radius 2 is 1.83 bits per heavy atom. The second-order valence-electron chi connectivity index (χ2n) is 5.08. The predicted octanol–water partition coefficient (Wildman–Crippen LogP) is 2.10. The quantitative estimate of drug-likeness (QED) is 0.815. The van der Waals surface area contributed by atoms with Gasteiger partial charge in [0.05, 0.1) is 17.6 Å². The second kappa shape index (κ2) is 6.75. The van der Waals surface area contributed by atoms with E-state index in [0.29, 0.717) is 12.1 Å². The predicted molar refractivity (Wildman–Crippen MR) is 74.6 cm³/mol. The van der Waals surface area contributed by atoms with E-state index in [0.717, 1.165) is 13.2 Å². The molecule has 0 bridgehead atoms. The molecule has 0 spiro atoms. The van der Waals surface area contributed by atoms with E-state index in [2.05, 4.69) is 4.74 Å². The maximum atomic E-state index is 12.8. The van der Waals surface area contributed by atoms with Crippen molar-refractivity contribution in [3.05, 3.63) is 23.8 Å². The average Bonchev–Trinajstić information content (AvgIpc) is 2.42. The molecule has 0 aliphatic carbocycles. The molecule has 1 aromatic carbocycles. The van der Waals surface area contributed by atoms with Crippen LogP contribution in [0.25, 0.3) is 0 Å². The summed E-state index contributed by atoms with van der Waals surface area (Å²) in [6.07, 6.45) is -4.77. The molecule has 1 atom stereocenters. The molecular weight excluding hydrogens is 339 g/mol. The van der Waals surface area contributed by atoms with Gasteiger partial charge in [0.2, 0.25) is 10.0 Å². The summed E-state index contributed by atoms with van der Waals surface area (Å²) in [6.45, 7) is 2.93. The Bertz CT molecular complexity index is 685. The van der Waals surface area contributed by atoms with Crippen molar-refractivity contribution in [2.45, 2.75) is 31.0 Å². The molecule has 0 radical (unpaired) electrons. The zero-order valence-electron chi connectivity index (χ0n) is 12.5. The molecule has 0 amide bonds. The van der Waals surface area contributed by atoms with E-state index in [1.54, 1.807) is 0 Å². The summed E-state index contributed by atoms with van der Waals surface area (Å²) in [5.74, 6) is -2.34. The molecule has 130 valence electrons. The number of halogens is 3. The Morgan fingerprint density at radius 3 is 2.22 bits per heavy atom.